The summed E-state index contributed by atoms with van der Waals surface area (Å²) in [6.07, 6.45) is 1.07. The second-order valence-corrected chi connectivity index (χ2v) is 5.09. The molecule has 0 aliphatic rings. The van der Waals surface area contributed by atoms with Gasteiger partial charge < -0.3 is 0 Å². The van der Waals surface area contributed by atoms with Gasteiger partial charge in [0.1, 0.15) is 0 Å². The molecule has 0 aliphatic carbocycles. The first kappa shape index (κ1) is 10.7. The molecule has 1 rings (SSSR count). The first-order chi connectivity index (χ1) is 5.76. The van der Waals surface area contributed by atoms with E-state index in [1.807, 2.05) is 6.92 Å². The van der Waals surface area contributed by atoms with Gasteiger partial charge in [-0.2, -0.15) is 0 Å². The molecule has 12 heavy (non-hydrogen) atoms. The number of halogens is 2. The average molecular weight is 313 g/mol. The fraction of sp³-hybridized carbons (Fsp3) is 0.625. The fourth-order valence-corrected chi connectivity index (χ4v) is 3.10. The maximum absolute atomic E-state index is 4.42. The maximum atomic E-state index is 4.42. The predicted octanol–water partition coefficient (Wildman–Crippen LogP) is 3.40. The molecular formula is C8H11Br2NS. The van der Waals surface area contributed by atoms with E-state index in [0.717, 1.165) is 22.1 Å². The molecule has 0 atom stereocenters. The van der Waals surface area contributed by atoms with Crippen LogP contribution in [0.4, 0.5) is 0 Å². The summed E-state index contributed by atoms with van der Waals surface area (Å²) in [6, 6.07) is 0. The second kappa shape index (κ2) is 5.35. The summed E-state index contributed by atoms with van der Waals surface area (Å²) in [5.74, 6) is 0.659. The lowest BCUT2D eigenvalue weighted by atomic mass is 10.1. The van der Waals surface area contributed by atoms with Gasteiger partial charge >= 0.3 is 0 Å². The number of hydrogen-bond donors (Lipinski definition) is 0. The number of rotatable bonds is 4. The second-order valence-electron chi connectivity index (χ2n) is 2.74. The van der Waals surface area contributed by atoms with Gasteiger partial charge in [0.05, 0.1) is 10.7 Å². The Morgan fingerprint density at radius 1 is 1.50 bits per heavy atom. The Bertz CT molecular complexity index is 233. The topological polar surface area (TPSA) is 12.9 Å². The highest BCUT2D eigenvalue weighted by Crippen LogP contribution is 2.15. The quantitative estimate of drug-likeness (QED) is 0.777. The number of aromatic nitrogens is 1. The number of nitrogens with zero attached hydrogens (tertiary/aromatic N) is 1. The normalized spacial score (nSPS) is 11.0. The molecule has 0 bridgehead atoms. The van der Waals surface area contributed by atoms with Crippen LogP contribution in [0.15, 0.2) is 5.38 Å². The van der Waals surface area contributed by atoms with Crippen LogP contribution in [-0.4, -0.2) is 15.6 Å². The first-order valence-corrected chi connectivity index (χ1v) is 6.91. The van der Waals surface area contributed by atoms with E-state index < -0.39 is 0 Å². The summed E-state index contributed by atoms with van der Waals surface area (Å²) < 4.78 is 0. The highest BCUT2D eigenvalue weighted by Gasteiger charge is 2.08. The number of hydrogen-bond acceptors (Lipinski definition) is 2. The summed E-state index contributed by atoms with van der Waals surface area (Å²) in [6.45, 7) is 2.05. The highest BCUT2D eigenvalue weighted by molar-refractivity contribution is 9.09. The molecule has 0 saturated heterocycles. The van der Waals surface area contributed by atoms with Crippen molar-refractivity contribution in [1.29, 1.82) is 0 Å². The Morgan fingerprint density at radius 2 is 2.17 bits per heavy atom. The zero-order chi connectivity index (χ0) is 8.97. The van der Waals surface area contributed by atoms with Crippen molar-refractivity contribution in [2.24, 2.45) is 5.92 Å². The lowest BCUT2D eigenvalue weighted by molar-refractivity contribution is 0.668. The highest BCUT2D eigenvalue weighted by atomic mass is 79.9. The van der Waals surface area contributed by atoms with Crippen LogP contribution in [-0.2, 0) is 6.42 Å². The van der Waals surface area contributed by atoms with E-state index in [2.05, 4.69) is 42.2 Å². The maximum Gasteiger partial charge on any atom is 0.0897 e. The number of alkyl halides is 2. The van der Waals surface area contributed by atoms with Gasteiger partial charge in [0.15, 0.2) is 0 Å². The summed E-state index contributed by atoms with van der Waals surface area (Å²) in [7, 11) is 0. The van der Waals surface area contributed by atoms with E-state index in [1.54, 1.807) is 11.3 Å². The summed E-state index contributed by atoms with van der Waals surface area (Å²) in [5.41, 5.74) is 1.22. The number of thiazole rings is 1. The molecule has 0 fully saturated rings. The van der Waals surface area contributed by atoms with Crippen molar-refractivity contribution in [3.8, 4) is 0 Å². The van der Waals surface area contributed by atoms with Crippen molar-refractivity contribution in [2.45, 2.75) is 13.3 Å². The molecule has 0 amide bonds. The van der Waals surface area contributed by atoms with Crippen LogP contribution < -0.4 is 0 Å². The van der Waals surface area contributed by atoms with Gasteiger partial charge in [-0.15, -0.1) is 11.3 Å². The third-order valence-corrected chi connectivity index (χ3v) is 4.25. The largest absolute Gasteiger partial charge is 0.247 e. The lowest BCUT2D eigenvalue weighted by Gasteiger charge is -2.06. The van der Waals surface area contributed by atoms with Crippen LogP contribution in [0.1, 0.15) is 10.7 Å². The summed E-state index contributed by atoms with van der Waals surface area (Å²) >= 11 is 8.70. The SMILES string of the molecule is Cc1nc(CC(CBr)CBr)cs1. The Balaban J connectivity index is 2.50. The summed E-state index contributed by atoms with van der Waals surface area (Å²) in [5, 5.41) is 5.38. The van der Waals surface area contributed by atoms with Crippen LogP contribution >= 0.6 is 43.2 Å². The smallest absolute Gasteiger partial charge is 0.0897 e. The lowest BCUT2D eigenvalue weighted by Crippen LogP contribution is -2.07. The van der Waals surface area contributed by atoms with Crippen molar-refractivity contribution in [1.82, 2.24) is 4.98 Å². The standard InChI is InChI=1S/C8H11Br2NS/c1-6-11-8(5-12-6)2-7(3-9)4-10/h5,7H,2-4H2,1H3. The first-order valence-electron chi connectivity index (χ1n) is 3.79. The monoisotopic (exact) mass is 311 g/mol. The van der Waals surface area contributed by atoms with E-state index in [1.165, 1.54) is 5.69 Å². The van der Waals surface area contributed by atoms with Gasteiger partial charge in [0.2, 0.25) is 0 Å². The van der Waals surface area contributed by atoms with Crippen molar-refractivity contribution in [3.63, 3.8) is 0 Å². The van der Waals surface area contributed by atoms with E-state index in [-0.39, 0.29) is 0 Å². The van der Waals surface area contributed by atoms with Gasteiger partial charge in [-0.3, -0.25) is 0 Å². The molecular weight excluding hydrogens is 302 g/mol. The molecule has 0 aromatic carbocycles. The molecule has 0 aliphatic heterocycles. The van der Waals surface area contributed by atoms with Gasteiger partial charge in [0, 0.05) is 16.0 Å². The van der Waals surface area contributed by atoms with Crippen LogP contribution in [0.25, 0.3) is 0 Å². The van der Waals surface area contributed by atoms with E-state index in [9.17, 15) is 0 Å². The van der Waals surface area contributed by atoms with Gasteiger partial charge in [-0.25, -0.2) is 4.98 Å². The Kier molecular flexibility index (Phi) is 4.75. The minimum atomic E-state index is 0.659. The molecule has 0 radical (unpaired) electrons. The van der Waals surface area contributed by atoms with Gasteiger partial charge in [-0.05, 0) is 19.3 Å². The van der Waals surface area contributed by atoms with Crippen LogP contribution in [0.3, 0.4) is 0 Å². The van der Waals surface area contributed by atoms with E-state index in [4.69, 9.17) is 0 Å². The minimum Gasteiger partial charge on any atom is -0.247 e. The Labute approximate surface area is 93.9 Å². The molecule has 0 spiro atoms. The molecule has 1 heterocycles. The predicted molar refractivity (Wildman–Crippen MR) is 61.6 cm³/mol. The van der Waals surface area contributed by atoms with Crippen molar-refractivity contribution in [3.05, 3.63) is 16.1 Å². The number of aryl methyl sites for hydroxylation is 1. The molecule has 0 N–H and O–H groups in total. The molecule has 4 heteroatoms. The Hall–Kier alpha value is 0.590. The van der Waals surface area contributed by atoms with Gasteiger partial charge in [-0.1, -0.05) is 31.9 Å². The molecule has 1 aromatic heterocycles. The fourth-order valence-electron chi connectivity index (χ4n) is 0.948. The molecule has 0 unspecified atom stereocenters. The van der Waals surface area contributed by atoms with Crippen molar-refractivity contribution >= 4 is 43.2 Å². The zero-order valence-electron chi connectivity index (χ0n) is 6.89. The third kappa shape index (κ3) is 3.15. The molecule has 0 saturated carbocycles. The van der Waals surface area contributed by atoms with Crippen LogP contribution in [0.2, 0.25) is 0 Å². The minimum absolute atomic E-state index is 0.659. The molecule has 1 aromatic rings. The Morgan fingerprint density at radius 3 is 2.58 bits per heavy atom. The van der Waals surface area contributed by atoms with Crippen molar-refractivity contribution in [2.75, 3.05) is 10.7 Å². The van der Waals surface area contributed by atoms with E-state index in [0.29, 0.717) is 5.92 Å². The average Bonchev–Trinajstić information content (AvgIpc) is 2.47. The van der Waals surface area contributed by atoms with Crippen LogP contribution in [0, 0.1) is 12.8 Å². The molecule has 1 nitrogen and oxygen atoms in total. The van der Waals surface area contributed by atoms with E-state index >= 15 is 0 Å². The summed E-state index contributed by atoms with van der Waals surface area (Å²) in [4.78, 5) is 4.42. The zero-order valence-corrected chi connectivity index (χ0v) is 10.9. The van der Waals surface area contributed by atoms with Crippen molar-refractivity contribution < 1.29 is 0 Å². The van der Waals surface area contributed by atoms with Crippen LogP contribution in [0.5, 0.6) is 0 Å². The molecule has 68 valence electrons. The van der Waals surface area contributed by atoms with Gasteiger partial charge in [0.25, 0.3) is 0 Å². The third-order valence-electron chi connectivity index (χ3n) is 1.60.